The van der Waals surface area contributed by atoms with Crippen molar-refractivity contribution in [3.05, 3.63) is 29.8 Å². The summed E-state index contributed by atoms with van der Waals surface area (Å²) in [4.78, 5) is 0. The predicted molar refractivity (Wildman–Crippen MR) is 61.7 cm³/mol. The Labute approximate surface area is 90.9 Å². The Balaban J connectivity index is 2.08. The molecule has 1 saturated carbocycles. The topological polar surface area (TPSA) is 35.8 Å². The van der Waals surface area contributed by atoms with Gasteiger partial charge in [0.1, 0.15) is 0 Å². The van der Waals surface area contributed by atoms with Gasteiger partial charge in [-0.1, -0.05) is 6.92 Å². The van der Waals surface area contributed by atoms with Crippen LogP contribution in [0.25, 0.3) is 0 Å². The molecule has 2 rings (SSSR count). The third kappa shape index (κ3) is 1.97. The molecule has 1 aliphatic carbocycles. The Kier molecular flexibility index (Phi) is 2.64. The number of hydrogen-bond donors (Lipinski definition) is 1. The molecule has 0 aromatic heterocycles. The van der Waals surface area contributed by atoms with Gasteiger partial charge in [-0.05, 0) is 49.9 Å². The van der Waals surface area contributed by atoms with E-state index in [4.69, 9.17) is 5.26 Å². The molecule has 1 N–H and O–H groups in total. The maximum Gasteiger partial charge on any atom is 0.0991 e. The highest BCUT2D eigenvalue weighted by molar-refractivity contribution is 5.49. The minimum Gasteiger partial charge on any atom is -0.380 e. The standard InChI is InChI=1S/C13H16N2/c1-2-13(8-3-9-13)15-12-6-4-11(10-14)5-7-12/h4-7,15H,2-3,8-9H2,1H3. The lowest BCUT2D eigenvalue weighted by Gasteiger charge is -2.43. The van der Waals surface area contributed by atoms with Crippen LogP contribution in [0.5, 0.6) is 0 Å². The average molecular weight is 200 g/mol. The van der Waals surface area contributed by atoms with Gasteiger partial charge in [0.25, 0.3) is 0 Å². The zero-order valence-electron chi connectivity index (χ0n) is 9.09. The van der Waals surface area contributed by atoms with Crippen LogP contribution in [0.1, 0.15) is 38.2 Å². The fraction of sp³-hybridized carbons (Fsp3) is 0.462. The maximum absolute atomic E-state index is 8.69. The molecule has 0 bridgehead atoms. The summed E-state index contributed by atoms with van der Waals surface area (Å²) < 4.78 is 0. The van der Waals surface area contributed by atoms with E-state index in [1.54, 1.807) is 0 Å². The van der Waals surface area contributed by atoms with E-state index in [9.17, 15) is 0 Å². The van der Waals surface area contributed by atoms with Crippen LogP contribution in [0.15, 0.2) is 24.3 Å². The molecule has 1 aromatic carbocycles. The maximum atomic E-state index is 8.69. The predicted octanol–water partition coefficient (Wildman–Crippen LogP) is 3.30. The first-order valence-corrected chi connectivity index (χ1v) is 5.56. The molecular weight excluding hydrogens is 184 g/mol. The summed E-state index contributed by atoms with van der Waals surface area (Å²) in [7, 11) is 0. The number of nitrogens with zero attached hydrogens (tertiary/aromatic N) is 1. The molecule has 1 aromatic rings. The number of nitriles is 1. The zero-order valence-corrected chi connectivity index (χ0v) is 9.09. The number of nitrogens with one attached hydrogen (secondary N) is 1. The van der Waals surface area contributed by atoms with Crippen LogP contribution >= 0.6 is 0 Å². The normalized spacial score (nSPS) is 17.6. The van der Waals surface area contributed by atoms with E-state index >= 15 is 0 Å². The van der Waals surface area contributed by atoms with Gasteiger partial charge in [-0.25, -0.2) is 0 Å². The molecule has 0 aliphatic heterocycles. The minimum absolute atomic E-state index is 0.328. The quantitative estimate of drug-likeness (QED) is 0.812. The second-order valence-corrected chi connectivity index (χ2v) is 4.30. The van der Waals surface area contributed by atoms with E-state index < -0.39 is 0 Å². The second kappa shape index (κ2) is 3.94. The summed E-state index contributed by atoms with van der Waals surface area (Å²) in [6, 6.07) is 9.85. The molecule has 0 spiro atoms. The molecule has 2 nitrogen and oxygen atoms in total. The van der Waals surface area contributed by atoms with Crippen molar-refractivity contribution >= 4 is 5.69 Å². The van der Waals surface area contributed by atoms with Gasteiger partial charge in [0.2, 0.25) is 0 Å². The van der Waals surface area contributed by atoms with Crippen LogP contribution in [0, 0.1) is 11.3 Å². The molecule has 1 aliphatic rings. The molecule has 0 amide bonds. The van der Waals surface area contributed by atoms with Crippen LogP contribution in [-0.2, 0) is 0 Å². The van der Waals surface area contributed by atoms with Crippen molar-refractivity contribution in [3.63, 3.8) is 0 Å². The third-order valence-corrected chi connectivity index (χ3v) is 3.41. The Morgan fingerprint density at radius 3 is 2.40 bits per heavy atom. The van der Waals surface area contributed by atoms with E-state index in [0.717, 1.165) is 11.3 Å². The van der Waals surface area contributed by atoms with Crippen LogP contribution in [0.4, 0.5) is 5.69 Å². The Morgan fingerprint density at radius 1 is 1.33 bits per heavy atom. The van der Waals surface area contributed by atoms with Crippen molar-refractivity contribution in [2.75, 3.05) is 5.32 Å². The first-order valence-electron chi connectivity index (χ1n) is 5.56. The van der Waals surface area contributed by atoms with Crippen molar-refractivity contribution in [1.29, 1.82) is 5.26 Å². The lowest BCUT2D eigenvalue weighted by Crippen LogP contribution is -2.44. The van der Waals surface area contributed by atoms with Crippen molar-refractivity contribution in [1.82, 2.24) is 0 Å². The summed E-state index contributed by atoms with van der Waals surface area (Å²) in [5.74, 6) is 0. The van der Waals surface area contributed by atoms with Crippen molar-refractivity contribution < 1.29 is 0 Å². The van der Waals surface area contributed by atoms with Crippen LogP contribution in [-0.4, -0.2) is 5.54 Å². The molecule has 0 unspecified atom stereocenters. The van der Waals surface area contributed by atoms with Crippen molar-refractivity contribution in [3.8, 4) is 6.07 Å². The minimum atomic E-state index is 0.328. The number of hydrogen-bond acceptors (Lipinski definition) is 2. The fourth-order valence-corrected chi connectivity index (χ4v) is 2.10. The molecular formula is C13H16N2. The van der Waals surface area contributed by atoms with Gasteiger partial charge in [0, 0.05) is 11.2 Å². The van der Waals surface area contributed by atoms with E-state index in [2.05, 4.69) is 18.3 Å². The number of rotatable bonds is 3. The third-order valence-electron chi connectivity index (χ3n) is 3.41. The van der Waals surface area contributed by atoms with E-state index in [-0.39, 0.29) is 0 Å². The van der Waals surface area contributed by atoms with Crippen molar-refractivity contribution in [2.24, 2.45) is 0 Å². The Hall–Kier alpha value is -1.49. The molecule has 15 heavy (non-hydrogen) atoms. The molecule has 2 heteroatoms. The highest BCUT2D eigenvalue weighted by atomic mass is 15.0. The number of anilines is 1. The first-order chi connectivity index (χ1) is 7.28. The van der Waals surface area contributed by atoms with Gasteiger partial charge in [-0.2, -0.15) is 5.26 Å². The Bertz CT molecular complexity index is 363. The highest BCUT2D eigenvalue weighted by Crippen LogP contribution is 2.37. The lowest BCUT2D eigenvalue weighted by molar-refractivity contribution is 0.269. The average Bonchev–Trinajstić information content (AvgIpc) is 2.24. The van der Waals surface area contributed by atoms with Crippen LogP contribution < -0.4 is 5.32 Å². The lowest BCUT2D eigenvalue weighted by atomic mass is 9.74. The summed E-state index contributed by atoms with van der Waals surface area (Å²) in [6.45, 7) is 2.23. The first kappa shape index (κ1) is 10.0. The van der Waals surface area contributed by atoms with E-state index in [0.29, 0.717) is 5.54 Å². The molecule has 78 valence electrons. The van der Waals surface area contributed by atoms with Gasteiger partial charge in [0.15, 0.2) is 0 Å². The SMILES string of the molecule is CCC1(Nc2ccc(C#N)cc2)CCC1. The van der Waals surface area contributed by atoms with Gasteiger partial charge in [0.05, 0.1) is 11.6 Å². The van der Waals surface area contributed by atoms with Crippen LogP contribution in [0.3, 0.4) is 0 Å². The summed E-state index contributed by atoms with van der Waals surface area (Å²) >= 11 is 0. The number of benzene rings is 1. The van der Waals surface area contributed by atoms with E-state index in [1.165, 1.54) is 25.7 Å². The smallest absolute Gasteiger partial charge is 0.0991 e. The monoisotopic (exact) mass is 200 g/mol. The summed E-state index contributed by atoms with van der Waals surface area (Å²) in [6.07, 6.45) is 5.04. The molecule has 0 heterocycles. The highest BCUT2D eigenvalue weighted by Gasteiger charge is 2.34. The van der Waals surface area contributed by atoms with Crippen LogP contribution in [0.2, 0.25) is 0 Å². The van der Waals surface area contributed by atoms with Gasteiger partial charge >= 0.3 is 0 Å². The Morgan fingerprint density at radius 2 is 2.00 bits per heavy atom. The van der Waals surface area contributed by atoms with Gasteiger partial charge in [-0.3, -0.25) is 0 Å². The summed E-state index contributed by atoms with van der Waals surface area (Å²) in [5, 5.41) is 12.3. The molecule has 0 saturated heterocycles. The van der Waals surface area contributed by atoms with Gasteiger partial charge < -0.3 is 5.32 Å². The van der Waals surface area contributed by atoms with E-state index in [1.807, 2.05) is 24.3 Å². The zero-order chi connectivity index (χ0) is 10.7. The molecule has 1 fully saturated rings. The summed E-state index contributed by atoms with van der Waals surface area (Å²) in [5.41, 5.74) is 2.18. The van der Waals surface area contributed by atoms with Gasteiger partial charge in [-0.15, -0.1) is 0 Å². The largest absolute Gasteiger partial charge is 0.380 e. The van der Waals surface area contributed by atoms with Crippen molar-refractivity contribution in [2.45, 2.75) is 38.1 Å². The molecule has 0 atom stereocenters. The second-order valence-electron chi connectivity index (χ2n) is 4.30. The fourth-order valence-electron chi connectivity index (χ4n) is 2.10. The molecule has 0 radical (unpaired) electrons.